The van der Waals surface area contributed by atoms with Crippen LogP contribution in [0.3, 0.4) is 0 Å². The fraction of sp³-hybridized carbons (Fsp3) is 0.579. The molecule has 5 nitrogen and oxygen atoms in total. The largest absolute Gasteiger partial charge is 0.338 e. The van der Waals surface area contributed by atoms with Crippen LogP contribution in [0.4, 0.5) is 4.79 Å². The third-order valence-corrected chi connectivity index (χ3v) is 5.73. The zero-order chi connectivity index (χ0) is 16.6. The number of aromatic nitrogens is 2. The van der Waals surface area contributed by atoms with Crippen molar-refractivity contribution < 1.29 is 4.79 Å². The number of rotatable bonds is 4. The van der Waals surface area contributed by atoms with Gasteiger partial charge in [-0.15, -0.1) is 0 Å². The van der Waals surface area contributed by atoms with Crippen molar-refractivity contribution in [2.24, 2.45) is 12.5 Å². The van der Waals surface area contributed by atoms with Gasteiger partial charge in [-0.2, -0.15) is 0 Å². The Morgan fingerprint density at radius 2 is 2.29 bits per heavy atom. The highest BCUT2D eigenvalue weighted by molar-refractivity contribution is 5.80. The minimum atomic E-state index is -0.0175. The molecule has 128 valence electrons. The minimum absolute atomic E-state index is 0.0175. The molecule has 2 aliphatic carbocycles. The van der Waals surface area contributed by atoms with Gasteiger partial charge in [0.05, 0.1) is 0 Å². The van der Waals surface area contributed by atoms with Crippen LogP contribution in [0.1, 0.15) is 44.1 Å². The number of carbonyl (C=O) groups is 1. The van der Waals surface area contributed by atoms with E-state index in [1.165, 1.54) is 43.1 Å². The first-order valence-corrected chi connectivity index (χ1v) is 9.09. The average Bonchev–Trinajstić information content (AvgIpc) is 3.23. The van der Waals surface area contributed by atoms with E-state index in [1.54, 1.807) is 0 Å². The standard InChI is InChI=1S/C19H26N4O/c1-23-13-14(16-5-3-10-20-17(16)23)6-11-21-18(24)22-15-4-2-7-19(12-15)8-9-19/h3,5,10,13,15H,2,4,6-9,11-12H2,1H3,(H2,21,22,24). The quantitative estimate of drug-likeness (QED) is 0.907. The van der Waals surface area contributed by atoms with Crippen molar-refractivity contribution in [3.05, 3.63) is 30.1 Å². The molecule has 0 aliphatic heterocycles. The van der Waals surface area contributed by atoms with Crippen molar-refractivity contribution in [1.82, 2.24) is 20.2 Å². The fourth-order valence-electron chi connectivity index (χ4n) is 4.24. The summed E-state index contributed by atoms with van der Waals surface area (Å²) in [5, 5.41) is 7.37. The lowest BCUT2D eigenvalue weighted by Crippen LogP contribution is -2.44. The molecule has 2 amide bonds. The summed E-state index contributed by atoms with van der Waals surface area (Å²) in [4.78, 5) is 16.6. The second-order valence-corrected chi connectivity index (χ2v) is 7.58. The molecule has 24 heavy (non-hydrogen) atoms. The van der Waals surface area contributed by atoms with E-state index in [0.717, 1.165) is 18.5 Å². The second kappa shape index (κ2) is 6.11. The zero-order valence-electron chi connectivity index (χ0n) is 14.3. The van der Waals surface area contributed by atoms with Crippen LogP contribution in [-0.2, 0) is 13.5 Å². The fourth-order valence-corrected chi connectivity index (χ4v) is 4.24. The highest BCUT2D eigenvalue weighted by Crippen LogP contribution is 2.56. The van der Waals surface area contributed by atoms with Gasteiger partial charge < -0.3 is 15.2 Å². The first kappa shape index (κ1) is 15.5. The predicted octanol–water partition coefficient (Wildman–Crippen LogP) is 3.14. The normalized spacial score (nSPS) is 21.8. The number of fused-ring (bicyclic) bond motifs is 1. The van der Waals surface area contributed by atoms with Gasteiger partial charge in [-0.3, -0.25) is 0 Å². The van der Waals surface area contributed by atoms with Crippen molar-refractivity contribution >= 4 is 17.1 Å². The van der Waals surface area contributed by atoms with Gasteiger partial charge in [0.15, 0.2) is 0 Å². The van der Waals surface area contributed by atoms with Gasteiger partial charge >= 0.3 is 6.03 Å². The molecule has 2 aromatic rings. The van der Waals surface area contributed by atoms with Crippen molar-refractivity contribution in [3.8, 4) is 0 Å². The summed E-state index contributed by atoms with van der Waals surface area (Å²) in [5.74, 6) is 0. The molecule has 5 heteroatoms. The molecule has 2 aromatic heterocycles. The first-order valence-electron chi connectivity index (χ1n) is 9.09. The summed E-state index contributed by atoms with van der Waals surface area (Å²) >= 11 is 0. The maximum atomic E-state index is 12.2. The maximum Gasteiger partial charge on any atom is 0.315 e. The van der Waals surface area contributed by atoms with Gasteiger partial charge in [0.25, 0.3) is 0 Å². The molecule has 2 heterocycles. The van der Waals surface area contributed by atoms with Crippen LogP contribution in [0.15, 0.2) is 24.5 Å². The van der Waals surface area contributed by atoms with E-state index in [0.29, 0.717) is 18.0 Å². The second-order valence-electron chi connectivity index (χ2n) is 7.58. The summed E-state index contributed by atoms with van der Waals surface area (Å²) in [6.07, 6.45) is 12.4. The number of nitrogens with one attached hydrogen (secondary N) is 2. The number of carbonyl (C=O) groups excluding carboxylic acids is 1. The van der Waals surface area contributed by atoms with E-state index < -0.39 is 0 Å². The number of nitrogens with zero attached hydrogens (tertiary/aromatic N) is 2. The Hall–Kier alpha value is -2.04. The van der Waals surface area contributed by atoms with Crippen molar-refractivity contribution in [1.29, 1.82) is 0 Å². The minimum Gasteiger partial charge on any atom is -0.338 e. The molecule has 0 bridgehead atoms. The average molecular weight is 326 g/mol. The Bertz CT molecular complexity index is 747. The van der Waals surface area contributed by atoms with E-state index in [-0.39, 0.29) is 6.03 Å². The van der Waals surface area contributed by atoms with Crippen LogP contribution in [0.2, 0.25) is 0 Å². The Labute approximate surface area is 142 Å². The molecule has 2 N–H and O–H groups in total. The Balaban J connectivity index is 1.28. The van der Waals surface area contributed by atoms with Gasteiger partial charge in [0.2, 0.25) is 0 Å². The molecule has 1 atom stereocenters. The smallest absolute Gasteiger partial charge is 0.315 e. The topological polar surface area (TPSA) is 59.0 Å². The summed E-state index contributed by atoms with van der Waals surface area (Å²) in [6, 6.07) is 4.40. The SMILES string of the molecule is Cn1cc(CCNC(=O)NC2CCCC3(CC3)C2)c2cccnc21. The molecule has 0 saturated heterocycles. The molecule has 4 rings (SSSR count). The number of pyridine rings is 1. The van der Waals surface area contributed by atoms with Crippen molar-refractivity contribution in [2.75, 3.05) is 6.54 Å². The van der Waals surface area contributed by atoms with E-state index in [2.05, 4.69) is 27.9 Å². The van der Waals surface area contributed by atoms with Gasteiger partial charge in [-0.1, -0.05) is 6.42 Å². The van der Waals surface area contributed by atoms with Gasteiger partial charge in [-0.25, -0.2) is 9.78 Å². The monoisotopic (exact) mass is 326 g/mol. The number of aryl methyl sites for hydroxylation is 1. The molecular formula is C19H26N4O. The maximum absolute atomic E-state index is 12.2. The van der Waals surface area contributed by atoms with E-state index >= 15 is 0 Å². The molecular weight excluding hydrogens is 300 g/mol. The highest BCUT2D eigenvalue weighted by atomic mass is 16.2. The lowest BCUT2D eigenvalue weighted by atomic mass is 9.83. The zero-order valence-corrected chi connectivity index (χ0v) is 14.3. The van der Waals surface area contributed by atoms with Gasteiger partial charge in [0.1, 0.15) is 5.65 Å². The summed E-state index contributed by atoms with van der Waals surface area (Å²) < 4.78 is 2.04. The van der Waals surface area contributed by atoms with Crippen LogP contribution in [-0.4, -0.2) is 28.2 Å². The van der Waals surface area contributed by atoms with Crippen LogP contribution < -0.4 is 10.6 Å². The molecule has 1 unspecified atom stereocenters. The van der Waals surface area contributed by atoms with E-state index in [1.807, 2.05) is 23.9 Å². The molecule has 2 fully saturated rings. The third kappa shape index (κ3) is 3.12. The Morgan fingerprint density at radius 3 is 3.12 bits per heavy atom. The summed E-state index contributed by atoms with van der Waals surface area (Å²) in [7, 11) is 2.01. The predicted molar refractivity (Wildman–Crippen MR) is 94.9 cm³/mol. The number of urea groups is 1. The molecule has 0 aromatic carbocycles. The Kier molecular flexibility index (Phi) is 3.94. The van der Waals surface area contributed by atoms with Crippen LogP contribution in [0, 0.1) is 5.41 Å². The molecule has 1 spiro atoms. The molecule has 2 aliphatic rings. The molecule has 0 radical (unpaired) electrons. The highest BCUT2D eigenvalue weighted by Gasteiger charge is 2.45. The lowest BCUT2D eigenvalue weighted by Gasteiger charge is -2.29. The summed E-state index contributed by atoms with van der Waals surface area (Å²) in [6.45, 7) is 0.650. The van der Waals surface area contributed by atoms with Gasteiger partial charge in [0, 0.05) is 37.4 Å². The van der Waals surface area contributed by atoms with Crippen LogP contribution in [0.5, 0.6) is 0 Å². The summed E-state index contributed by atoms with van der Waals surface area (Å²) in [5.41, 5.74) is 2.82. The first-order chi connectivity index (χ1) is 11.7. The Morgan fingerprint density at radius 1 is 1.42 bits per heavy atom. The third-order valence-electron chi connectivity index (χ3n) is 5.73. The van der Waals surface area contributed by atoms with E-state index in [9.17, 15) is 4.79 Å². The lowest BCUT2D eigenvalue weighted by molar-refractivity contribution is 0.222. The number of hydrogen-bond donors (Lipinski definition) is 2. The van der Waals surface area contributed by atoms with E-state index in [4.69, 9.17) is 0 Å². The van der Waals surface area contributed by atoms with Crippen molar-refractivity contribution in [2.45, 2.75) is 51.0 Å². The number of hydrogen-bond acceptors (Lipinski definition) is 2. The molecule has 2 saturated carbocycles. The van der Waals surface area contributed by atoms with Crippen LogP contribution >= 0.6 is 0 Å². The van der Waals surface area contributed by atoms with Gasteiger partial charge in [-0.05, 0) is 61.6 Å². The number of amides is 2. The van der Waals surface area contributed by atoms with Crippen LogP contribution in [0.25, 0.3) is 11.0 Å². The van der Waals surface area contributed by atoms with Crippen molar-refractivity contribution in [3.63, 3.8) is 0 Å².